The molecule has 1 aromatic heterocycles. The first kappa shape index (κ1) is 13.6. The third-order valence-corrected chi connectivity index (χ3v) is 3.46. The molecule has 19 heavy (non-hydrogen) atoms. The van der Waals surface area contributed by atoms with Crippen molar-refractivity contribution in [3.05, 3.63) is 17.0 Å². The molecule has 2 amide bonds. The van der Waals surface area contributed by atoms with E-state index < -0.39 is 0 Å². The van der Waals surface area contributed by atoms with E-state index >= 15 is 0 Å². The zero-order valence-corrected chi connectivity index (χ0v) is 12.1. The highest BCUT2D eigenvalue weighted by molar-refractivity contribution is 6.03. The van der Waals surface area contributed by atoms with Gasteiger partial charge in [0.2, 0.25) is 0 Å². The summed E-state index contributed by atoms with van der Waals surface area (Å²) in [6.07, 6.45) is 0. The largest absolute Gasteiger partial charge is 0.385 e. The molecule has 104 valence electrons. The van der Waals surface area contributed by atoms with E-state index in [4.69, 9.17) is 5.73 Å². The van der Waals surface area contributed by atoms with Crippen LogP contribution in [0.5, 0.6) is 0 Å². The van der Waals surface area contributed by atoms with E-state index in [1.807, 2.05) is 25.6 Å². The van der Waals surface area contributed by atoms with Gasteiger partial charge in [0.1, 0.15) is 11.9 Å². The maximum absolute atomic E-state index is 12.0. The summed E-state index contributed by atoms with van der Waals surface area (Å²) in [5.41, 5.74) is 8.87. The van der Waals surface area contributed by atoms with Gasteiger partial charge in [-0.05, 0) is 19.8 Å². The normalized spacial score (nSPS) is 19.5. The molecule has 6 nitrogen and oxygen atoms in total. The lowest BCUT2D eigenvalue weighted by molar-refractivity contribution is 0.198. The minimum absolute atomic E-state index is 0.251. The van der Waals surface area contributed by atoms with Crippen molar-refractivity contribution in [2.45, 2.75) is 33.7 Å². The van der Waals surface area contributed by atoms with Crippen molar-refractivity contribution in [2.75, 3.05) is 6.54 Å². The average Bonchev–Trinajstić information content (AvgIpc) is 2.68. The number of nitrogens with two attached hydrogens (primary N) is 1. The predicted molar refractivity (Wildman–Crippen MR) is 74.0 cm³/mol. The van der Waals surface area contributed by atoms with Crippen LogP contribution in [0.25, 0.3) is 0 Å². The van der Waals surface area contributed by atoms with Gasteiger partial charge in [-0.25, -0.2) is 4.79 Å². The highest BCUT2D eigenvalue weighted by Crippen LogP contribution is 2.31. The monoisotopic (exact) mass is 263 g/mol. The highest BCUT2D eigenvalue weighted by atomic mass is 16.2. The van der Waals surface area contributed by atoms with E-state index in [1.165, 1.54) is 0 Å². The summed E-state index contributed by atoms with van der Waals surface area (Å²) < 4.78 is 1.81. The minimum Gasteiger partial charge on any atom is -0.385 e. The van der Waals surface area contributed by atoms with Crippen molar-refractivity contribution >= 4 is 11.9 Å². The molecule has 2 N–H and O–H groups in total. The van der Waals surface area contributed by atoms with E-state index in [1.54, 1.807) is 4.90 Å². The first-order chi connectivity index (χ1) is 8.82. The van der Waals surface area contributed by atoms with E-state index in [9.17, 15) is 4.79 Å². The van der Waals surface area contributed by atoms with Crippen molar-refractivity contribution in [3.63, 3.8) is 0 Å². The number of amidine groups is 1. The molecule has 0 bridgehead atoms. The molecule has 6 heteroatoms. The van der Waals surface area contributed by atoms with Gasteiger partial charge in [0.25, 0.3) is 0 Å². The van der Waals surface area contributed by atoms with Crippen LogP contribution in [-0.4, -0.2) is 33.1 Å². The molecule has 0 saturated carbocycles. The lowest BCUT2D eigenvalue weighted by Crippen LogP contribution is -2.36. The Bertz CT molecular complexity index is 543. The van der Waals surface area contributed by atoms with Gasteiger partial charge in [0, 0.05) is 24.8 Å². The molecule has 0 aliphatic carbocycles. The summed E-state index contributed by atoms with van der Waals surface area (Å²) in [5.74, 6) is 0.731. The second-order valence-corrected chi connectivity index (χ2v) is 5.48. The number of aromatic nitrogens is 2. The number of carbonyl (C=O) groups is 1. The first-order valence-corrected chi connectivity index (χ1v) is 6.47. The topological polar surface area (TPSA) is 76.5 Å². The highest BCUT2D eigenvalue weighted by Gasteiger charge is 2.37. The van der Waals surface area contributed by atoms with Crippen LogP contribution in [-0.2, 0) is 7.05 Å². The standard InChI is InChI=1S/C13H21N5O/c1-7(2)6-18-11(12(14)15-13(18)19)10-8(3)16-17(5)9(10)4/h7,11H,6H2,1-5H3,(H2,14,15,19). The van der Waals surface area contributed by atoms with Crippen LogP contribution in [0.3, 0.4) is 0 Å². The fourth-order valence-electron chi connectivity index (χ4n) is 2.57. The number of aryl methyl sites for hydroxylation is 2. The number of carbonyl (C=O) groups excluding carboxylic acids is 1. The maximum Gasteiger partial charge on any atom is 0.346 e. The van der Waals surface area contributed by atoms with Gasteiger partial charge in [-0.2, -0.15) is 10.1 Å². The molecule has 0 fully saturated rings. The lowest BCUT2D eigenvalue weighted by atomic mass is 10.0. The Kier molecular flexibility index (Phi) is 3.34. The second kappa shape index (κ2) is 4.68. The van der Waals surface area contributed by atoms with Crippen molar-refractivity contribution in [1.82, 2.24) is 14.7 Å². The average molecular weight is 263 g/mol. The number of urea groups is 1. The summed E-state index contributed by atoms with van der Waals surface area (Å²) in [6.45, 7) is 8.70. The van der Waals surface area contributed by atoms with Crippen LogP contribution in [0, 0.1) is 19.8 Å². The summed E-state index contributed by atoms with van der Waals surface area (Å²) in [5, 5.41) is 4.40. The van der Waals surface area contributed by atoms with Crippen LogP contribution >= 0.6 is 0 Å². The Labute approximate surface area is 113 Å². The number of hydrogen-bond donors (Lipinski definition) is 1. The molecule has 0 radical (unpaired) electrons. The van der Waals surface area contributed by atoms with Crippen molar-refractivity contribution in [2.24, 2.45) is 23.7 Å². The third kappa shape index (κ3) is 2.22. The fourth-order valence-corrected chi connectivity index (χ4v) is 2.57. The Morgan fingerprint density at radius 1 is 1.37 bits per heavy atom. The van der Waals surface area contributed by atoms with Crippen LogP contribution in [0.1, 0.15) is 36.8 Å². The molecule has 0 spiro atoms. The fraction of sp³-hybridized carbons (Fsp3) is 0.615. The quantitative estimate of drug-likeness (QED) is 0.898. The van der Waals surface area contributed by atoms with Crippen LogP contribution in [0.15, 0.2) is 4.99 Å². The molecule has 2 heterocycles. The lowest BCUT2D eigenvalue weighted by Gasteiger charge is -2.26. The molecule has 1 atom stereocenters. The van der Waals surface area contributed by atoms with Gasteiger partial charge >= 0.3 is 6.03 Å². The summed E-state index contributed by atoms with van der Waals surface area (Å²) in [4.78, 5) is 17.6. The minimum atomic E-state index is -0.274. The SMILES string of the molecule is Cc1nn(C)c(C)c1C1C(N)=NC(=O)N1CC(C)C. The zero-order valence-electron chi connectivity index (χ0n) is 12.1. The molecule has 1 unspecified atom stereocenters. The molecular formula is C13H21N5O. The Morgan fingerprint density at radius 3 is 2.47 bits per heavy atom. The number of amides is 2. The van der Waals surface area contributed by atoms with Crippen molar-refractivity contribution in [3.8, 4) is 0 Å². The third-order valence-electron chi connectivity index (χ3n) is 3.46. The van der Waals surface area contributed by atoms with E-state index in [0.29, 0.717) is 18.3 Å². The number of hydrogen-bond acceptors (Lipinski definition) is 3. The predicted octanol–water partition coefficient (Wildman–Crippen LogP) is 1.53. The van der Waals surface area contributed by atoms with E-state index in [-0.39, 0.29) is 12.1 Å². The van der Waals surface area contributed by atoms with Gasteiger partial charge in [0.05, 0.1) is 5.69 Å². The number of nitrogens with zero attached hydrogens (tertiary/aromatic N) is 4. The van der Waals surface area contributed by atoms with Gasteiger partial charge < -0.3 is 10.6 Å². The molecule has 1 aliphatic heterocycles. The molecule has 0 saturated heterocycles. The Balaban J connectivity index is 2.45. The van der Waals surface area contributed by atoms with Gasteiger partial charge in [-0.1, -0.05) is 13.8 Å². The maximum atomic E-state index is 12.0. The second-order valence-electron chi connectivity index (χ2n) is 5.48. The van der Waals surface area contributed by atoms with Gasteiger partial charge in [0.15, 0.2) is 0 Å². The summed E-state index contributed by atoms with van der Waals surface area (Å²) >= 11 is 0. The summed E-state index contributed by atoms with van der Waals surface area (Å²) in [7, 11) is 1.89. The number of rotatable bonds is 3. The van der Waals surface area contributed by atoms with Crippen LogP contribution < -0.4 is 5.73 Å². The molecule has 2 rings (SSSR count). The van der Waals surface area contributed by atoms with E-state index in [0.717, 1.165) is 17.0 Å². The van der Waals surface area contributed by atoms with Crippen molar-refractivity contribution < 1.29 is 4.79 Å². The number of aliphatic imine (C=N–C) groups is 1. The smallest absolute Gasteiger partial charge is 0.346 e. The summed E-state index contributed by atoms with van der Waals surface area (Å²) in [6, 6.07) is -0.526. The first-order valence-electron chi connectivity index (χ1n) is 6.47. The van der Waals surface area contributed by atoms with Crippen molar-refractivity contribution in [1.29, 1.82) is 0 Å². The van der Waals surface area contributed by atoms with E-state index in [2.05, 4.69) is 23.9 Å². The molecule has 1 aliphatic rings. The van der Waals surface area contributed by atoms with Crippen LogP contribution in [0.2, 0.25) is 0 Å². The van der Waals surface area contributed by atoms with Gasteiger partial charge in [-0.3, -0.25) is 4.68 Å². The molecular weight excluding hydrogens is 242 g/mol. The van der Waals surface area contributed by atoms with Gasteiger partial charge in [-0.15, -0.1) is 0 Å². The Morgan fingerprint density at radius 2 is 2.00 bits per heavy atom. The Hall–Kier alpha value is -1.85. The van der Waals surface area contributed by atoms with Crippen LogP contribution in [0.4, 0.5) is 4.79 Å². The molecule has 1 aromatic rings. The zero-order chi connectivity index (χ0) is 14.3. The molecule has 0 aromatic carbocycles.